The second kappa shape index (κ2) is 8.81. The number of ether oxygens (including phenoxy) is 1. The highest BCUT2D eigenvalue weighted by Crippen LogP contribution is 2.30. The Labute approximate surface area is 173 Å². The molecule has 0 saturated carbocycles. The summed E-state index contributed by atoms with van der Waals surface area (Å²) in [4.78, 5) is 23.5. The molecule has 0 bridgehead atoms. The maximum atomic E-state index is 12.7. The lowest BCUT2D eigenvalue weighted by Crippen LogP contribution is -2.29. The SMILES string of the molecule is O=C(CCNS(=O)(=O)c1cccc(C(F)(F)F)c1)OCn1nnc2ccccc2c1=O. The van der Waals surface area contributed by atoms with Gasteiger partial charge in [-0.05, 0) is 30.3 Å². The van der Waals surface area contributed by atoms with Gasteiger partial charge in [-0.3, -0.25) is 9.59 Å². The molecule has 0 aliphatic rings. The fourth-order valence-electron chi connectivity index (χ4n) is 2.52. The van der Waals surface area contributed by atoms with Gasteiger partial charge in [0.1, 0.15) is 5.52 Å². The normalized spacial score (nSPS) is 12.1. The number of rotatable bonds is 7. The fourth-order valence-corrected chi connectivity index (χ4v) is 3.60. The molecule has 0 aliphatic heterocycles. The molecule has 0 unspecified atom stereocenters. The van der Waals surface area contributed by atoms with Gasteiger partial charge in [-0.1, -0.05) is 23.4 Å². The number of halogens is 3. The number of benzene rings is 2. The zero-order chi connectivity index (χ0) is 22.6. The van der Waals surface area contributed by atoms with Crippen LogP contribution < -0.4 is 10.3 Å². The number of carbonyl (C=O) groups is 1. The van der Waals surface area contributed by atoms with Crippen molar-refractivity contribution in [1.29, 1.82) is 0 Å². The van der Waals surface area contributed by atoms with Crippen molar-refractivity contribution in [2.45, 2.75) is 24.2 Å². The molecule has 0 saturated heterocycles. The van der Waals surface area contributed by atoms with E-state index in [0.29, 0.717) is 11.6 Å². The molecule has 13 heteroatoms. The summed E-state index contributed by atoms with van der Waals surface area (Å²) in [6, 6.07) is 9.65. The first-order chi connectivity index (χ1) is 14.6. The van der Waals surface area contributed by atoms with Crippen LogP contribution >= 0.6 is 0 Å². The van der Waals surface area contributed by atoms with Crippen LogP contribution in [-0.2, 0) is 32.5 Å². The average Bonchev–Trinajstić information content (AvgIpc) is 2.73. The lowest BCUT2D eigenvalue weighted by molar-refractivity contribution is -0.148. The monoisotopic (exact) mass is 456 g/mol. The number of esters is 1. The molecule has 0 spiro atoms. The van der Waals surface area contributed by atoms with E-state index in [1.807, 2.05) is 4.72 Å². The van der Waals surface area contributed by atoms with Gasteiger partial charge in [-0.25, -0.2) is 13.1 Å². The molecule has 164 valence electrons. The second-order valence-corrected chi connectivity index (χ2v) is 8.00. The van der Waals surface area contributed by atoms with Gasteiger partial charge in [0.2, 0.25) is 10.0 Å². The molecule has 31 heavy (non-hydrogen) atoms. The summed E-state index contributed by atoms with van der Waals surface area (Å²) in [5.41, 5.74) is -1.26. The van der Waals surface area contributed by atoms with Gasteiger partial charge in [-0.15, -0.1) is 5.10 Å². The second-order valence-electron chi connectivity index (χ2n) is 6.23. The van der Waals surface area contributed by atoms with Crippen molar-refractivity contribution in [2.75, 3.05) is 6.54 Å². The molecule has 0 fully saturated rings. The molecule has 3 rings (SSSR count). The molecule has 0 amide bonds. The Kier molecular flexibility index (Phi) is 6.36. The number of fused-ring (bicyclic) bond motifs is 1. The number of aromatic nitrogens is 3. The minimum atomic E-state index is -4.70. The molecular formula is C18H15F3N4O5S. The molecule has 0 aliphatic carbocycles. The van der Waals surface area contributed by atoms with Crippen LogP contribution in [0.3, 0.4) is 0 Å². The van der Waals surface area contributed by atoms with Gasteiger partial charge < -0.3 is 4.74 Å². The number of alkyl halides is 3. The van der Waals surface area contributed by atoms with E-state index < -0.39 is 57.9 Å². The van der Waals surface area contributed by atoms with Crippen LogP contribution in [0.1, 0.15) is 12.0 Å². The molecule has 1 N–H and O–H groups in total. The Morgan fingerprint density at radius 3 is 2.61 bits per heavy atom. The van der Waals surface area contributed by atoms with E-state index in [1.54, 1.807) is 18.2 Å². The van der Waals surface area contributed by atoms with E-state index in [4.69, 9.17) is 4.74 Å². The van der Waals surface area contributed by atoms with E-state index in [9.17, 15) is 31.2 Å². The van der Waals surface area contributed by atoms with Crippen molar-refractivity contribution in [3.05, 3.63) is 64.4 Å². The Balaban J connectivity index is 1.56. The van der Waals surface area contributed by atoms with Crippen LogP contribution in [0.15, 0.2) is 58.2 Å². The van der Waals surface area contributed by atoms with Crippen LogP contribution in [0, 0.1) is 0 Å². The highest BCUT2D eigenvalue weighted by Gasteiger charge is 2.31. The van der Waals surface area contributed by atoms with E-state index in [0.717, 1.165) is 22.9 Å². The predicted molar refractivity (Wildman–Crippen MR) is 101 cm³/mol. The Hall–Kier alpha value is -3.32. The van der Waals surface area contributed by atoms with Gasteiger partial charge in [-0.2, -0.15) is 17.9 Å². The zero-order valence-corrected chi connectivity index (χ0v) is 16.5. The van der Waals surface area contributed by atoms with Crippen molar-refractivity contribution in [2.24, 2.45) is 0 Å². The van der Waals surface area contributed by atoms with Crippen molar-refractivity contribution in [3.63, 3.8) is 0 Å². The first-order valence-electron chi connectivity index (χ1n) is 8.73. The first-order valence-corrected chi connectivity index (χ1v) is 10.2. The summed E-state index contributed by atoms with van der Waals surface area (Å²) in [5.74, 6) is -0.853. The van der Waals surface area contributed by atoms with Crippen LogP contribution in [0.5, 0.6) is 0 Å². The van der Waals surface area contributed by atoms with E-state index in [-0.39, 0.29) is 5.39 Å². The van der Waals surface area contributed by atoms with E-state index >= 15 is 0 Å². The number of sulfonamides is 1. The maximum Gasteiger partial charge on any atom is 0.416 e. The van der Waals surface area contributed by atoms with Crippen molar-refractivity contribution in [1.82, 2.24) is 19.7 Å². The van der Waals surface area contributed by atoms with Crippen molar-refractivity contribution in [3.8, 4) is 0 Å². The van der Waals surface area contributed by atoms with E-state index in [2.05, 4.69) is 10.3 Å². The number of hydrogen-bond acceptors (Lipinski definition) is 7. The van der Waals surface area contributed by atoms with Crippen molar-refractivity contribution < 1.29 is 31.1 Å². The molecular weight excluding hydrogens is 441 g/mol. The van der Waals surface area contributed by atoms with Gasteiger partial charge in [0.15, 0.2) is 6.73 Å². The summed E-state index contributed by atoms with van der Waals surface area (Å²) < 4.78 is 70.3. The van der Waals surface area contributed by atoms with Crippen LogP contribution in [0.4, 0.5) is 13.2 Å². The minimum Gasteiger partial charge on any atom is -0.442 e. The van der Waals surface area contributed by atoms with Gasteiger partial charge in [0, 0.05) is 6.54 Å². The number of nitrogens with one attached hydrogen (secondary N) is 1. The Morgan fingerprint density at radius 2 is 1.87 bits per heavy atom. The topological polar surface area (TPSA) is 120 Å². The molecule has 1 heterocycles. The highest BCUT2D eigenvalue weighted by atomic mass is 32.2. The first kappa shape index (κ1) is 22.4. The molecule has 1 aromatic heterocycles. The predicted octanol–water partition coefficient (Wildman–Crippen LogP) is 1.68. The maximum absolute atomic E-state index is 12.7. The summed E-state index contributed by atoms with van der Waals surface area (Å²) in [6.45, 7) is -0.953. The summed E-state index contributed by atoms with van der Waals surface area (Å²) in [5, 5.41) is 7.74. The van der Waals surface area contributed by atoms with E-state index in [1.165, 1.54) is 6.07 Å². The Morgan fingerprint density at radius 1 is 1.13 bits per heavy atom. The zero-order valence-electron chi connectivity index (χ0n) is 15.7. The summed E-state index contributed by atoms with van der Waals surface area (Å²) >= 11 is 0. The van der Waals surface area contributed by atoms with Crippen LogP contribution in [0.25, 0.3) is 10.9 Å². The number of nitrogens with zero attached hydrogens (tertiary/aromatic N) is 3. The average molecular weight is 456 g/mol. The quantitative estimate of drug-likeness (QED) is 0.537. The smallest absolute Gasteiger partial charge is 0.416 e. The Bertz CT molecular complexity index is 1270. The number of hydrogen-bond donors (Lipinski definition) is 1. The third-order valence-corrected chi connectivity index (χ3v) is 5.53. The van der Waals surface area contributed by atoms with Gasteiger partial charge in [0.05, 0.1) is 22.3 Å². The lowest BCUT2D eigenvalue weighted by Gasteiger charge is -2.10. The highest BCUT2D eigenvalue weighted by molar-refractivity contribution is 7.89. The van der Waals surface area contributed by atoms with Gasteiger partial charge in [0.25, 0.3) is 5.56 Å². The largest absolute Gasteiger partial charge is 0.442 e. The van der Waals surface area contributed by atoms with Gasteiger partial charge >= 0.3 is 12.1 Å². The third-order valence-electron chi connectivity index (χ3n) is 4.07. The molecule has 2 aromatic carbocycles. The molecule has 3 aromatic rings. The number of carbonyl (C=O) groups excluding carboxylic acids is 1. The van der Waals surface area contributed by atoms with Crippen LogP contribution in [0.2, 0.25) is 0 Å². The lowest BCUT2D eigenvalue weighted by atomic mass is 10.2. The standard InChI is InChI=1S/C18H15F3N4O5S/c19-18(20,21)12-4-3-5-13(10-12)31(28,29)22-9-8-16(26)30-11-25-17(27)14-6-1-2-7-15(14)23-24-25/h1-7,10,22H,8-9,11H2. The van der Waals surface area contributed by atoms with Crippen LogP contribution in [-0.4, -0.2) is 35.9 Å². The molecule has 0 radical (unpaired) electrons. The van der Waals surface area contributed by atoms with Crippen molar-refractivity contribution >= 4 is 26.9 Å². The summed E-state index contributed by atoms with van der Waals surface area (Å²) in [6.07, 6.45) is -5.12. The molecule has 9 nitrogen and oxygen atoms in total. The fraction of sp³-hybridized carbons (Fsp3) is 0.222. The minimum absolute atomic E-state index is 0.280. The third kappa shape index (κ3) is 5.44. The summed E-state index contributed by atoms with van der Waals surface area (Å²) in [7, 11) is -4.27. The molecule has 0 atom stereocenters.